The Morgan fingerprint density at radius 1 is 1.24 bits per heavy atom. The minimum atomic E-state index is -0.575. The third-order valence-corrected chi connectivity index (χ3v) is 3.88. The van der Waals surface area contributed by atoms with E-state index in [1.165, 1.54) is 12.3 Å². The fraction of sp³-hybridized carbons (Fsp3) is 0.222. The molecule has 0 atom stereocenters. The number of pyridine rings is 2. The highest BCUT2D eigenvalue weighted by molar-refractivity contribution is 5.94. The Morgan fingerprint density at radius 3 is 2.68 bits per heavy atom. The van der Waals surface area contributed by atoms with Crippen molar-refractivity contribution in [1.29, 1.82) is 0 Å². The first-order chi connectivity index (χ1) is 12.1. The second-order valence-electron chi connectivity index (χ2n) is 5.64. The maximum atomic E-state index is 11.9. The van der Waals surface area contributed by atoms with Crippen LogP contribution in [-0.4, -0.2) is 30.8 Å². The van der Waals surface area contributed by atoms with E-state index in [1.54, 1.807) is 16.9 Å². The largest absolute Gasteiger partial charge is 0.493 e. The van der Waals surface area contributed by atoms with Crippen LogP contribution in [-0.2, 0) is 6.42 Å². The summed E-state index contributed by atoms with van der Waals surface area (Å²) < 4.78 is 1.61. The first kappa shape index (κ1) is 16.6. The SMILES string of the molecule is CCCCc1c(C(N)=O)nn(-c2ccc(O)nc2)c1-c1ccccn1. The van der Waals surface area contributed by atoms with Crippen LogP contribution < -0.4 is 5.73 Å². The minimum Gasteiger partial charge on any atom is -0.493 e. The quantitative estimate of drug-likeness (QED) is 0.718. The van der Waals surface area contributed by atoms with Crippen LogP contribution in [0.25, 0.3) is 17.1 Å². The lowest BCUT2D eigenvalue weighted by Gasteiger charge is -2.09. The normalized spacial score (nSPS) is 10.8. The van der Waals surface area contributed by atoms with E-state index in [-0.39, 0.29) is 11.6 Å². The lowest BCUT2D eigenvalue weighted by Crippen LogP contribution is -2.14. The lowest BCUT2D eigenvalue weighted by atomic mass is 10.0. The zero-order valence-electron chi connectivity index (χ0n) is 13.9. The van der Waals surface area contributed by atoms with E-state index < -0.39 is 5.91 Å². The van der Waals surface area contributed by atoms with Gasteiger partial charge < -0.3 is 10.8 Å². The molecule has 0 fully saturated rings. The van der Waals surface area contributed by atoms with Crippen LogP contribution >= 0.6 is 0 Å². The molecular weight excluding hydrogens is 318 g/mol. The Balaban J connectivity index is 2.26. The highest BCUT2D eigenvalue weighted by atomic mass is 16.3. The van der Waals surface area contributed by atoms with Gasteiger partial charge in [-0.25, -0.2) is 9.67 Å². The van der Waals surface area contributed by atoms with Crippen LogP contribution in [0.15, 0.2) is 42.7 Å². The Bertz CT molecular complexity index is 872. The molecule has 0 aliphatic heterocycles. The molecule has 7 heteroatoms. The highest BCUT2D eigenvalue weighted by Crippen LogP contribution is 2.29. The number of aromatic nitrogens is 4. The number of amides is 1. The van der Waals surface area contributed by atoms with Gasteiger partial charge in [-0.1, -0.05) is 19.4 Å². The van der Waals surface area contributed by atoms with Gasteiger partial charge in [0.2, 0.25) is 5.88 Å². The van der Waals surface area contributed by atoms with Gasteiger partial charge in [0, 0.05) is 17.8 Å². The summed E-state index contributed by atoms with van der Waals surface area (Å²) in [4.78, 5) is 20.2. The predicted molar refractivity (Wildman–Crippen MR) is 93.4 cm³/mol. The summed E-state index contributed by atoms with van der Waals surface area (Å²) in [6.07, 6.45) is 5.73. The summed E-state index contributed by atoms with van der Waals surface area (Å²) in [5.41, 5.74) is 8.60. The van der Waals surface area contributed by atoms with E-state index in [2.05, 4.69) is 22.0 Å². The van der Waals surface area contributed by atoms with Gasteiger partial charge in [-0.15, -0.1) is 0 Å². The van der Waals surface area contributed by atoms with E-state index in [9.17, 15) is 9.90 Å². The number of carbonyl (C=O) groups excluding carboxylic acids is 1. The Kier molecular flexibility index (Phi) is 4.74. The van der Waals surface area contributed by atoms with E-state index in [1.807, 2.05) is 18.2 Å². The molecular formula is C18H19N5O2. The Labute approximate surface area is 145 Å². The number of nitrogens with two attached hydrogens (primary N) is 1. The molecule has 0 spiro atoms. The van der Waals surface area contributed by atoms with Gasteiger partial charge in [0.1, 0.15) is 0 Å². The van der Waals surface area contributed by atoms with Gasteiger partial charge in [0.25, 0.3) is 5.91 Å². The van der Waals surface area contributed by atoms with Crippen LogP contribution in [0.5, 0.6) is 5.88 Å². The number of aromatic hydroxyl groups is 1. The molecule has 0 bridgehead atoms. The van der Waals surface area contributed by atoms with Crippen molar-refractivity contribution in [3.8, 4) is 23.0 Å². The number of hydrogen-bond acceptors (Lipinski definition) is 5. The third-order valence-electron chi connectivity index (χ3n) is 3.88. The number of primary amides is 1. The zero-order valence-corrected chi connectivity index (χ0v) is 13.9. The summed E-state index contributed by atoms with van der Waals surface area (Å²) in [5.74, 6) is -0.662. The molecule has 0 aliphatic rings. The van der Waals surface area contributed by atoms with Crippen LogP contribution in [0.1, 0.15) is 35.8 Å². The van der Waals surface area contributed by atoms with Gasteiger partial charge in [-0.05, 0) is 31.0 Å². The van der Waals surface area contributed by atoms with Gasteiger partial charge in [0.15, 0.2) is 5.69 Å². The number of rotatable bonds is 6. The summed E-state index contributed by atoms with van der Waals surface area (Å²) >= 11 is 0. The van der Waals surface area contributed by atoms with E-state index >= 15 is 0 Å². The van der Waals surface area contributed by atoms with Crippen LogP contribution in [0, 0.1) is 0 Å². The molecule has 7 nitrogen and oxygen atoms in total. The average molecular weight is 337 g/mol. The second-order valence-corrected chi connectivity index (χ2v) is 5.64. The molecule has 3 N–H and O–H groups in total. The molecule has 3 rings (SSSR count). The van der Waals surface area contributed by atoms with Crippen molar-refractivity contribution < 1.29 is 9.90 Å². The second kappa shape index (κ2) is 7.12. The zero-order chi connectivity index (χ0) is 17.8. The summed E-state index contributed by atoms with van der Waals surface area (Å²) in [6, 6.07) is 8.71. The Hall–Kier alpha value is -3.22. The number of hydrogen-bond donors (Lipinski definition) is 2. The fourth-order valence-electron chi connectivity index (χ4n) is 2.70. The molecule has 0 unspecified atom stereocenters. The van der Waals surface area contributed by atoms with Gasteiger partial charge >= 0.3 is 0 Å². The number of unbranched alkanes of at least 4 members (excludes halogenated alkanes) is 1. The lowest BCUT2D eigenvalue weighted by molar-refractivity contribution is 0.0994. The van der Waals surface area contributed by atoms with Crippen molar-refractivity contribution in [2.45, 2.75) is 26.2 Å². The van der Waals surface area contributed by atoms with Crippen molar-refractivity contribution in [2.75, 3.05) is 0 Å². The van der Waals surface area contributed by atoms with Gasteiger partial charge in [-0.3, -0.25) is 9.78 Å². The molecule has 0 aromatic carbocycles. The standard InChI is InChI=1S/C18H19N5O2/c1-2-3-6-13-16(18(19)25)22-23(12-8-9-15(24)21-11-12)17(13)14-7-4-5-10-20-14/h4-5,7-11H,2-3,6H2,1H3,(H2,19,25)(H,21,24). The Morgan fingerprint density at radius 2 is 2.08 bits per heavy atom. The number of carbonyl (C=O) groups is 1. The molecule has 0 aliphatic carbocycles. The molecule has 0 radical (unpaired) electrons. The molecule has 25 heavy (non-hydrogen) atoms. The molecule has 1 amide bonds. The van der Waals surface area contributed by atoms with Gasteiger partial charge in [-0.2, -0.15) is 5.10 Å². The third kappa shape index (κ3) is 3.35. The summed E-state index contributed by atoms with van der Waals surface area (Å²) in [5, 5.41) is 13.8. The van der Waals surface area contributed by atoms with E-state index in [4.69, 9.17) is 5.73 Å². The van der Waals surface area contributed by atoms with E-state index in [0.717, 1.165) is 24.1 Å². The van der Waals surface area contributed by atoms with Crippen molar-refractivity contribution >= 4 is 5.91 Å². The monoisotopic (exact) mass is 337 g/mol. The minimum absolute atomic E-state index is 0.0865. The van der Waals surface area contributed by atoms with Crippen LogP contribution in [0.4, 0.5) is 0 Å². The van der Waals surface area contributed by atoms with Gasteiger partial charge in [0.05, 0.1) is 23.3 Å². The number of nitrogens with zero attached hydrogens (tertiary/aromatic N) is 4. The maximum absolute atomic E-state index is 11.9. The molecule has 3 heterocycles. The summed E-state index contributed by atoms with van der Waals surface area (Å²) in [6.45, 7) is 2.08. The topological polar surface area (TPSA) is 107 Å². The highest BCUT2D eigenvalue weighted by Gasteiger charge is 2.23. The van der Waals surface area contributed by atoms with Crippen molar-refractivity contribution in [3.63, 3.8) is 0 Å². The van der Waals surface area contributed by atoms with Crippen molar-refractivity contribution in [1.82, 2.24) is 19.7 Å². The molecule has 3 aromatic heterocycles. The van der Waals surface area contributed by atoms with Crippen molar-refractivity contribution in [2.24, 2.45) is 5.73 Å². The maximum Gasteiger partial charge on any atom is 0.269 e. The molecule has 0 saturated heterocycles. The average Bonchev–Trinajstić information content (AvgIpc) is 3.01. The first-order valence-electron chi connectivity index (χ1n) is 8.10. The van der Waals surface area contributed by atoms with Crippen LogP contribution in [0.3, 0.4) is 0 Å². The van der Waals surface area contributed by atoms with E-state index in [0.29, 0.717) is 17.8 Å². The summed E-state index contributed by atoms with van der Waals surface area (Å²) in [7, 11) is 0. The molecule has 3 aromatic rings. The predicted octanol–water partition coefficient (Wildman–Crippen LogP) is 2.48. The van der Waals surface area contributed by atoms with Crippen LogP contribution in [0.2, 0.25) is 0 Å². The first-order valence-corrected chi connectivity index (χ1v) is 8.10. The fourth-order valence-corrected chi connectivity index (χ4v) is 2.70. The molecule has 128 valence electrons. The molecule has 0 saturated carbocycles. The smallest absolute Gasteiger partial charge is 0.269 e. The van der Waals surface area contributed by atoms with Crippen molar-refractivity contribution in [3.05, 3.63) is 54.0 Å².